The molecule has 0 unspecified atom stereocenters. The van der Waals surface area contributed by atoms with Crippen LogP contribution in [0.3, 0.4) is 0 Å². The average molecular weight is 970 g/mol. The van der Waals surface area contributed by atoms with Crippen molar-refractivity contribution in [2.45, 2.75) is 0 Å². The van der Waals surface area contributed by atoms with Gasteiger partial charge in [-0.3, -0.25) is 0 Å². The van der Waals surface area contributed by atoms with Crippen molar-refractivity contribution in [3.8, 4) is 62.0 Å². The Kier molecular flexibility index (Phi) is 9.23. The summed E-state index contributed by atoms with van der Waals surface area (Å²) in [6, 6.07) is 93.4. The first-order chi connectivity index (χ1) is 37.7. The summed E-state index contributed by atoms with van der Waals surface area (Å²) in [5, 5.41) is 8.27. The van der Waals surface area contributed by atoms with Crippen molar-refractivity contribution in [2.75, 3.05) is 0 Å². The summed E-state index contributed by atoms with van der Waals surface area (Å²) in [4.78, 5) is 10.8. The molecule has 76 heavy (non-hydrogen) atoms. The summed E-state index contributed by atoms with van der Waals surface area (Å²) in [7, 11) is 0. The van der Waals surface area contributed by atoms with Gasteiger partial charge in [-0.05, 0) is 119 Å². The quantitative estimate of drug-likeness (QED) is 0.160. The van der Waals surface area contributed by atoms with E-state index in [0.29, 0.717) is 11.4 Å². The van der Waals surface area contributed by atoms with Gasteiger partial charge in [-0.25, -0.2) is 9.97 Å². The van der Waals surface area contributed by atoms with E-state index in [1.54, 1.807) is 0 Å². The van der Waals surface area contributed by atoms with Gasteiger partial charge in [0.05, 0.1) is 33.1 Å². The molecule has 0 atom stereocenters. The molecule has 0 aliphatic rings. The van der Waals surface area contributed by atoms with Crippen LogP contribution in [0.25, 0.3) is 149 Å². The van der Waals surface area contributed by atoms with Crippen molar-refractivity contribution in [1.82, 2.24) is 23.7 Å². The van der Waals surface area contributed by atoms with E-state index in [-0.39, 0.29) is 0 Å². The second-order valence-electron chi connectivity index (χ2n) is 19.7. The molecular formula is C70H43N5O. The van der Waals surface area contributed by atoms with Crippen LogP contribution in [0, 0.1) is 0 Å². The SMILES string of the molecule is c1ccc(-c2nc(-c3cccc(-n4c5ccccc5c5cc(-c6ccc7c(c6)c6ccccc6n7-c6ccccc6)ccc54)c3)nc3c2oc2ccc(-c4cccc(-n5c6ccccc6c6ccccc65)c4)cc23)cc1. The number of nitrogens with zero attached hydrogens (tertiary/aromatic N) is 5. The van der Waals surface area contributed by atoms with E-state index in [1.165, 1.54) is 65.5 Å². The molecule has 5 heterocycles. The molecule has 0 amide bonds. The summed E-state index contributed by atoms with van der Waals surface area (Å²) >= 11 is 0. The second-order valence-corrected chi connectivity index (χ2v) is 19.7. The normalized spacial score (nSPS) is 11.9. The Bertz CT molecular complexity index is 4950. The third kappa shape index (κ3) is 6.47. The van der Waals surface area contributed by atoms with E-state index in [0.717, 1.165) is 72.5 Å². The van der Waals surface area contributed by atoms with Crippen molar-refractivity contribution in [2.24, 2.45) is 0 Å². The molecule has 0 radical (unpaired) electrons. The standard InChI is InChI=1S/C70H43N5O/c1-3-17-44(18-4-1)67-69-68(59-43-48(35-38-66(59)76-69)45-19-15-23-51(39-45)74-60-29-11-7-25-53(60)54-26-8-12-30-61(54)74)72-70(71-67)49-20-16-24-52(40-49)75-63-32-14-10-28-56(63)58-42-47(34-37-65(58)75)46-33-36-64-57(41-46)55-27-9-13-31-62(55)73(64)50-21-5-2-6-22-50/h1-43H. The van der Waals surface area contributed by atoms with Crippen LogP contribution >= 0.6 is 0 Å². The lowest BCUT2D eigenvalue weighted by Gasteiger charge is -2.11. The molecule has 0 saturated carbocycles. The molecule has 0 N–H and O–H groups in total. The maximum Gasteiger partial charge on any atom is 0.180 e. The van der Waals surface area contributed by atoms with Gasteiger partial charge in [-0.2, -0.15) is 0 Å². The predicted molar refractivity (Wildman–Crippen MR) is 314 cm³/mol. The van der Waals surface area contributed by atoms with E-state index in [2.05, 4.69) is 256 Å². The third-order valence-corrected chi connectivity index (χ3v) is 15.4. The first kappa shape index (κ1) is 42.2. The highest BCUT2D eigenvalue weighted by Gasteiger charge is 2.22. The number of benzene rings is 11. The minimum Gasteiger partial charge on any atom is -0.452 e. The lowest BCUT2D eigenvalue weighted by molar-refractivity contribution is 0.667. The van der Waals surface area contributed by atoms with Crippen LogP contribution in [0.4, 0.5) is 0 Å². The topological polar surface area (TPSA) is 53.7 Å². The molecule has 354 valence electrons. The largest absolute Gasteiger partial charge is 0.452 e. The van der Waals surface area contributed by atoms with Gasteiger partial charge in [0.25, 0.3) is 0 Å². The van der Waals surface area contributed by atoms with Gasteiger partial charge in [-0.15, -0.1) is 0 Å². The molecule has 0 aliphatic heterocycles. The monoisotopic (exact) mass is 969 g/mol. The zero-order chi connectivity index (χ0) is 49.8. The second kappa shape index (κ2) is 16.6. The lowest BCUT2D eigenvalue weighted by Crippen LogP contribution is -1.97. The van der Waals surface area contributed by atoms with Gasteiger partial charge in [-0.1, -0.05) is 164 Å². The van der Waals surface area contributed by atoms with Crippen LogP contribution in [0.1, 0.15) is 0 Å². The predicted octanol–water partition coefficient (Wildman–Crippen LogP) is 18.3. The fourth-order valence-electron chi connectivity index (χ4n) is 12.0. The minimum atomic E-state index is 0.627. The Hall–Kier alpha value is -10.3. The Balaban J connectivity index is 0.818. The lowest BCUT2D eigenvalue weighted by atomic mass is 10.0. The minimum absolute atomic E-state index is 0.627. The number of aromatic nitrogens is 5. The summed E-state index contributed by atoms with van der Waals surface area (Å²) in [5.74, 6) is 0.627. The van der Waals surface area contributed by atoms with Crippen LogP contribution in [0.15, 0.2) is 265 Å². The smallest absolute Gasteiger partial charge is 0.180 e. The number of rotatable bonds is 7. The van der Waals surface area contributed by atoms with Crippen molar-refractivity contribution in [3.63, 3.8) is 0 Å². The summed E-state index contributed by atoms with van der Waals surface area (Å²) < 4.78 is 13.9. The van der Waals surface area contributed by atoms with Gasteiger partial charge < -0.3 is 18.1 Å². The number of hydrogen-bond donors (Lipinski definition) is 0. The van der Waals surface area contributed by atoms with Gasteiger partial charge in [0, 0.05) is 65.9 Å². The van der Waals surface area contributed by atoms with E-state index in [4.69, 9.17) is 14.4 Å². The highest BCUT2D eigenvalue weighted by atomic mass is 16.3. The Morgan fingerprint density at radius 2 is 0.658 bits per heavy atom. The van der Waals surface area contributed by atoms with Crippen molar-refractivity contribution < 1.29 is 4.42 Å². The molecule has 0 saturated heterocycles. The van der Waals surface area contributed by atoms with Gasteiger partial charge in [0.1, 0.15) is 16.8 Å². The van der Waals surface area contributed by atoms with Crippen LogP contribution in [-0.4, -0.2) is 23.7 Å². The zero-order valence-electron chi connectivity index (χ0n) is 41.0. The van der Waals surface area contributed by atoms with Crippen molar-refractivity contribution >= 4 is 87.5 Å². The highest BCUT2D eigenvalue weighted by molar-refractivity contribution is 6.14. The Morgan fingerprint density at radius 1 is 0.263 bits per heavy atom. The average Bonchev–Trinajstić information content (AvgIpc) is 4.26. The first-order valence-corrected chi connectivity index (χ1v) is 25.8. The van der Waals surface area contributed by atoms with Crippen LogP contribution in [-0.2, 0) is 0 Å². The summed E-state index contributed by atoms with van der Waals surface area (Å²) in [5.41, 5.74) is 19.6. The Labute approximate surface area is 436 Å². The van der Waals surface area contributed by atoms with E-state index >= 15 is 0 Å². The molecule has 11 aromatic carbocycles. The van der Waals surface area contributed by atoms with Crippen LogP contribution < -0.4 is 0 Å². The molecule has 6 heteroatoms. The third-order valence-electron chi connectivity index (χ3n) is 15.4. The Morgan fingerprint density at radius 3 is 1.22 bits per heavy atom. The van der Waals surface area contributed by atoms with Gasteiger partial charge in [0.15, 0.2) is 11.4 Å². The number of fused-ring (bicyclic) bond motifs is 12. The van der Waals surface area contributed by atoms with E-state index < -0.39 is 0 Å². The van der Waals surface area contributed by atoms with Gasteiger partial charge in [0.2, 0.25) is 0 Å². The molecule has 0 bridgehead atoms. The molecule has 0 spiro atoms. The molecule has 6 nitrogen and oxygen atoms in total. The molecule has 16 rings (SSSR count). The zero-order valence-corrected chi connectivity index (χ0v) is 41.0. The molecule has 0 fully saturated rings. The van der Waals surface area contributed by atoms with E-state index in [1.807, 2.05) is 18.2 Å². The van der Waals surface area contributed by atoms with Crippen molar-refractivity contribution in [1.29, 1.82) is 0 Å². The number of hydrogen-bond acceptors (Lipinski definition) is 3. The van der Waals surface area contributed by atoms with Crippen molar-refractivity contribution in [3.05, 3.63) is 261 Å². The maximum absolute atomic E-state index is 6.74. The molecule has 5 aromatic heterocycles. The fraction of sp³-hybridized carbons (Fsp3) is 0. The van der Waals surface area contributed by atoms with Crippen LogP contribution in [0.2, 0.25) is 0 Å². The van der Waals surface area contributed by atoms with E-state index in [9.17, 15) is 0 Å². The maximum atomic E-state index is 6.74. The first-order valence-electron chi connectivity index (χ1n) is 25.8. The number of para-hydroxylation sites is 5. The summed E-state index contributed by atoms with van der Waals surface area (Å²) in [6.45, 7) is 0. The molecule has 0 aliphatic carbocycles. The van der Waals surface area contributed by atoms with Gasteiger partial charge >= 0.3 is 0 Å². The highest BCUT2D eigenvalue weighted by Crippen LogP contribution is 2.42. The molecule has 16 aromatic rings. The summed E-state index contributed by atoms with van der Waals surface area (Å²) in [6.07, 6.45) is 0. The molecular weight excluding hydrogens is 927 g/mol. The van der Waals surface area contributed by atoms with Crippen LogP contribution in [0.5, 0.6) is 0 Å². The number of furan rings is 1. The fourth-order valence-corrected chi connectivity index (χ4v) is 12.0.